The predicted molar refractivity (Wildman–Crippen MR) is 68.2 cm³/mol. The summed E-state index contributed by atoms with van der Waals surface area (Å²) in [6.45, 7) is 0.566. The highest BCUT2D eigenvalue weighted by atomic mass is 16.2. The normalized spacial score (nSPS) is 22.8. The van der Waals surface area contributed by atoms with E-state index in [1.165, 1.54) is 4.90 Å². The van der Waals surface area contributed by atoms with Crippen molar-refractivity contribution in [1.82, 2.24) is 15.2 Å². The van der Waals surface area contributed by atoms with E-state index in [0.29, 0.717) is 25.1 Å². The molecule has 0 aromatic rings. The van der Waals surface area contributed by atoms with Gasteiger partial charge in [0.05, 0.1) is 0 Å². The zero-order valence-corrected chi connectivity index (χ0v) is 11.2. The van der Waals surface area contributed by atoms with Gasteiger partial charge in [0.25, 0.3) is 5.91 Å². The number of carbonyl (C=O) groups is 3. The second-order valence-corrected chi connectivity index (χ2v) is 4.98. The van der Waals surface area contributed by atoms with E-state index in [4.69, 9.17) is 0 Å². The highest BCUT2D eigenvalue weighted by molar-refractivity contribution is 6.39. The van der Waals surface area contributed by atoms with Crippen LogP contribution in [0.4, 0.5) is 0 Å². The third kappa shape index (κ3) is 2.74. The molecular weight excluding hydrogens is 248 g/mol. The van der Waals surface area contributed by atoms with Gasteiger partial charge in [0.2, 0.25) is 11.8 Å². The molecule has 0 saturated carbocycles. The van der Waals surface area contributed by atoms with Gasteiger partial charge in [-0.3, -0.25) is 14.4 Å². The Morgan fingerprint density at radius 3 is 2.68 bits per heavy atom. The molecule has 2 heterocycles. The van der Waals surface area contributed by atoms with E-state index in [9.17, 15) is 14.4 Å². The van der Waals surface area contributed by atoms with Gasteiger partial charge in [0.15, 0.2) is 0 Å². The number of hydrogen-bond donors (Lipinski definition) is 1. The molecule has 1 saturated heterocycles. The molecule has 2 aliphatic heterocycles. The minimum Gasteiger partial charge on any atom is -0.347 e. The number of likely N-dealkylation sites (tertiary alicyclic amines) is 1. The Labute approximate surface area is 111 Å². The zero-order chi connectivity index (χ0) is 14.0. The molecule has 0 bridgehead atoms. The van der Waals surface area contributed by atoms with Crippen molar-refractivity contribution in [3.8, 4) is 0 Å². The molecule has 1 atom stereocenters. The highest BCUT2D eigenvalue weighted by Gasteiger charge is 2.37. The molecular formula is C12H18N4O3. The van der Waals surface area contributed by atoms with Crippen molar-refractivity contribution in [2.75, 3.05) is 20.6 Å². The number of hydrazone groups is 1. The average Bonchev–Trinajstić information content (AvgIpc) is 2.86. The van der Waals surface area contributed by atoms with Crippen LogP contribution in [-0.2, 0) is 14.4 Å². The van der Waals surface area contributed by atoms with Gasteiger partial charge in [-0.25, -0.2) is 5.43 Å². The lowest BCUT2D eigenvalue weighted by molar-refractivity contribution is -0.139. The maximum atomic E-state index is 12.3. The Morgan fingerprint density at radius 1 is 1.37 bits per heavy atom. The van der Waals surface area contributed by atoms with Crippen LogP contribution in [0.25, 0.3) is 0 Å². The van der Waals surface area contributed by atoms with Crippen LogP contribution in [0.1, 0.15) is 25.7 Å². The molecule has 0 radical (unpaired) electrons. The SMILES string of the molecule is CN(C)C(=O)C1CCCN1C(=O)C1=NNC(=O)CC1. The van der Waals surface area contributed by atoms with E-state index in [1.807, 2.05) is 0 Å². The standard InChI is InChI=1S/C12H18N4O3/c1-15(2)12(19)9-4-3-7-16(9)11(18)8-5-6-10(17)14-13-8/h9H,3-7H2,1-2H3,(H,14,17). The van der Waals surface area contributed by atoms with Crippen molar-refractivity contribution in [3.63, 3.8) is 0 Å². The minimum atomic E-state index is -0.400. The van der Waals surface area contributed by atoms with Gasteiger partial charge in [-0.2, -0.15) is 5.10 Å². The van der Waals surface area contributed by atoms with E-state index in [2.05, 4.69) is 10.5 Å². The van der Waals surface area contributed by atoms with Crippen molar-refractivity contribution in [2.24, 2.45) is 5.10 Å². The summed E-state index contributed by atoms with van der Waals surface area (Å²) >= 11 is 0. The number of nitrogens with zero attached hydrogens (tertiary/aromatic N) is 3. The van der Waals surface area contributed by atoms with Gasteiger partial charge < -0.3 is 9.80 Å². The van der Waals surface area contributed by atoms with Gasteiger partial charge in [0, 0.05) is 33.5 Å². The van der Waals surface area contributed by atoms with Crippen LogP contribution < -0.4 is 5.43 Å². The zero-order valence-electron chi connectivity index (χ0n) is 11.2. The van der Waals surface area contributed by atoms with Crippen molar-refractivity contribution in [1.29, 1.82) is 0 Å². The molecule has 0 aromatic heterocycles. The predicted octanol–water partition coefficient (Wildman–Crippen LogP) is -0.668. The van der Waals surface area contributed by atoms with Gasteiger partial charge in [-0.1, -0.05) is 0 Å². The van der Waals surface area contributed by atoms with E-state index in [-0.39, 0.29) is 24.1 Å². The summed E-state index contributed by atoms with van der Waals surface area (Å²) in [4.78, 5) is 38.4. The minimum absolute atomic E-state index is 0.0636. The summed E-state index contributed by atoms with van der Waals surface area (Å²) < 4.78 is 0. The van der Waals surface area contributed by atoms with Crippen molar-refractivity contribution in [2.45, 2.75) is 31.7 Å². The lowest BCUT2D eigenvalue weighted by Crippen LogP contribution is -2.48. The van der Waals surface area contributed by atoms with Crippen LogP contribution in [0.15, 0.2) is 5.10 Å². The topological polar surface area (TPSA) is 82.1 Å². The Morgan fingerprint density at radius 2 is 2.11 bits per heavy atom. The molecule has 1 fully saturated rings. The summed E-state index contributed by atoms with van der Waals surface area (Å²) in [6, 6.07) is -0.400. The number of amides is 3. The molecule has 0 aliphatic carbocycles. The van der Waals surface area contributed by atoms with Gasteiger partial charge >= 0.3 is 0 Å². The van der Waals surface area contributed by atoms with E-state index >= 15 is 0 Å². The number of carbonyl (C=O) groups excluding carboxylic acids is 3. The van der Waals surface area contributed by atoms with E-state index in [0.717, 1.165) is 6.42 Å². The Bertz CT molecular complexity index is 444. The van der Waals surface area contributed by atoms with Crippen molar-refractivity contribution in [3.05, 3.63) is 0 Å². The molecule has 7 nitrogen and oxygen atoms in total. The van der Waals surface area contributed by atoms with E-state index in [1.54, 1.807) is 19.0 Å². The maximum Gasteiger partial charge on any atom is 0.270 e. The molecule has 0 aromatic carbocycles. The first kappa shape index (κ1) is 13.5. The molecule has 19 heavy (non-hydrogen) atoms. The monoisotopic (exact) mass is 266 g/mol. The average molecular weight is 266 g/mol. The summed E-state index contributed by atoms with van der Waals surface area (Å²) in [5.74, 6) is -0.483. The first-order valence-corrected chi connectivity index (χ1v) is 6.38. The third-order valence-corrected chi connectivity index (χ3v) is 3.39. The lowest BCUT2D eigenvalue weighted by atomic mass is 10.1. The molecule has 7 heteroatoms. The Hall–Kier alpha value is -1.92. The number of nitrogens with one attached hydrogen (secondary N) is 1. The van der Waals surface area contributed by atoms with Crippen LogP contribution in [0, 0.1) is 0 Å². The summed E-state index contributed by atoms with van der Waals surface area (Å²) in [5, 5.41) is 3.79. The fraction of sp³-hybridized carbons (Fsp3) is 0.667. The van der Waals surface area contributed by atoms with Crippen LogP contribution in [0.5, 0.6) is 0 Å². The third-order valence-electron chi connectivity index (χ3n) is 3.39. The Kier molecular flexibility index (Phi) is 3.82. The molecule has 1 N–H and O–H groups in total. The van der Waals surface area contributed by atoms with Crippen LogP contribution in [-0.4, -0.2) is 59.9 Å². The fourth-order valence-electron chi connectivity index (χ4n) is 2.36. The summed E-state index contributed by atoms with van der Waals surface area (Å²) in [6.07, 6.45) is 2.10. The number of hydrogen-bond acceptors (Lipinski definition) is 4. The highest BCUT2D eigenvalue weighted by Crippen LogP contribution is 2.20. The van der Waals surface area contributed by atoms with Crippen LogP contribution in [0.3, 0.4) is 0 Å². The van der Waals surface area contributed by atoms with Crippen molar-refractivity contribution >= 4 is 23.4 Å². The second kappa shape index (κ2) is 5.38. The summed E-state index contributed by atoms with van der Waals surface area (Å²) in [7, 11) is 3.36. The largest absolute Gasteiger partial charge is 0.347 e. The van der Waals surface area contributed by atoms with Crippen molar-refractivity contribution < 1.29 is 14.4 Å². The first-order valence-electron chi connectivity index (χ1n) is 6.38. The van der Waals surface area contributed by atoms with Gasteiger partial charge in [-0.05, 0) is 12.8 Å². The van der Waals surface area contributed by atoms with Crippen LogP contribution in [0.2, 0.25) is 0 Å². The fourth-order valence-corrected chi connectivity index (χ4v) is 2.36. The number of rotatable bonds is 2. The second-order valence-electron chi connectivity index (χ2n) is 4.98. The molecule has 104 valence electrons. The first-order chi connectivity index (χ1) is 9.00. The molecule has 2 rings (SSSR count). The van der Waals surface area contributed by atoms with Gasteiger partial charge in [0.1, 0.15) is 11.8 Å². The molecule has 1 unspecified atom stereocenters. The molecule has 0 spiro atoms. The maximum absolute atomic E-state index is 12.3. The lowest BCUT2D eigenvalue weighted by Gasteiger charge is -2.27. The Balaban J connectivity index is 2.10. The van der Waals surface area contributed by atoms with E-state index < -0.39 is 6.04 Å². The number of likely N-dealkylation sites (N-methyl/N-ethyl adjacent to an activating group) is 1. The van der Waals surface area contributed by atoms with Gasteiger partial charge in [-0.15, -0.1) is 0 Å². The molecule has 3 amide bonds. The summed E-state index contributed by atoms with van der Waals surface area (Å²) in [5.41, 5.74) is 2.64. The quantitative estimate of drug-likeness (QED) is 0.719. The molecule has 2 aliphatic rings. The van der Waals surface area contributed by atoms with Crippen LogP contribution >= 0.6 is 0 Å². The smallest absolute Gasteiger partial charge is 0.270 e.